The standard InChI is InChI=1S/C10H16ClS/c1-6-7(2)9(4)10(8(6)3)12(5)11/h10H,1-5H3/q+1. The summed E-state index contributed by atoms with van der Waals surface area (Å²) in [6.07, 6.45) is 2.10. The summed E-state index contributed by atoms with van der Waals surface area (Å²) in [5.74, 6) is 0. The summed E-state index contributed by atoms with van der Waals surface area (Å²) in [6.45, 7) is 8.79. The zero-order valence-electron chi connectivity index (χ0n) is 8.36. The van der Waals surface area contributed by atoms with Crippen LogP contribution in [0.2, 0.25) is 0 Å². The Kier molecular flexibility index (Phi) is 2.95. The summed E-state index contributed by atoms with van der Waals surface area (Å²) in [4.78, 5) is 0. The first-order valence-electron chi connectivity index (χ1n) is 4.13. The van der Waals surface area contributed by atoms with Gasteiger partial charge in [0.2, 0.25) is 0 Å². The Bertz CT molecular complexity index is 237. The van der Waals surface area contributed by atoms with E-state index in [0.29, 0.717) is 5.25 Å². The highest BCUT2D eigenvalue weighted by Gasteiger charge is 2.35. The first-order chi connectivity index (χ1) is 5.46. The average Bonchev–Trinajstić information content (AvgIpc) is 2.16. The maximum atomic E-state index is 6.16. The van der Waals surface area contributed by atoms with Crippen LogP contribution in [-0.4, -0.2) is 11.5 Å². The summed E-state index contributed by atoms with van der Waals surface area (Å²) in [6, 6.07) is 0. The van der Waals surface area contributed by atoms with Crippen LogP contribution in [0.1, 0.15) is 27.7 Å². The van der Waals surface area contributed by atoms with Crippen molar-refractivity contribution in [1.82, 2.24) is 0 Å². The van der Waals surface area contributed by atoms with Crippen molar-refractivity contribution in [2.24, 2.45) is 0 Å². The lowest BCUT2D eigenvalue weighted by Gasteiger charge is -2.07. The molecule has 0 aliphatic heterocycles. The summed E-state index contributed by atoms with van der Waals surface area (Å²) >= 11 is 0. The molecule has 0 amide bonds. The van der Waals surface area contributed by atoms with Crippen LogP contribution < -0.4 is 0 Å². The van der Waals surface area contributed by atoms with Gasteiger partial charge in [-0.15, -0.1) is 0 Å². The van der Waals surface area contributed by atoms with Crippen LogP contribution >= 0.6 is 10.7 Å². The Morgan fingerprint density at radius 2 is 1.33 bits per heavy atom. The second kappa shape index (κ2) is 3.47. The quantitative estimate of drug-likeness (QED) is 0.573. The van der Waals surface area contributed by atoms with Gasteiger partial charge in [0.15, 0.2) is 15.9 Å². The molecule has 0 heterocycles. The van der Waals surface area contributed by atoms with E-state index in [0.717, 1.165) is 0 Å². The van der Waals surface area contributed by atoms with Crippen molar-refractivity contribution >= 4 is 20.8 Å². The van der Waals surface area contributed by atoms with Gasteiger partial charge in [0.25, 0.3) is 0 Å². The lowest BCUT2D eigenvalue weighted by Crippen LogP contribution is -2.15. The second-order valence-electron chi connectivity index (χ2n) is 3.48. The van der Waals surface area contributed by atoms with Gasteiger partial charge >= 0.3 is 0 Å². The van der Waals surface area contributed by atoms with Crippen LogP contribution in [-0.2, 0) is 10.1 Å². The van der Waals surface area contributed by atoms with E-state index < -0.39 is 0 Å². The first-order valence-corrected chi connectivity index (χ1v) is 6.65. The molecule has 2 heteroatoms. The third-order valence-electron chi connectivity index (χ3n) is 2.86. The van der Waals surface area contributed by atoms with Crippen molar-refractivity contribution in [2.75, 3.05) is 6.26 Å². The summed E-state index contributed by atoms with van der Waals surface area (Å²) in [5, 5.41) is 0.506. The molecule has 0 spiro atoms. The molecule has 0 aromatic heterocycles. The SMILES string of the molecule is CC1=C(C)C([S+](C)Cl)C(C)=C1C. The number of allylic oxidation sites excluding steroid dienone is 2. The molecule has 1 aliphatic carbocycles. The fraction of sp³-hybridized carbons (Fsp3) is 0.600. The van der Waals surface area contributed by atoms with Crippen LogP contribution in [0.5, 0.6) is 0 Å². The number of hydrogen-bond acceptors (Lipinski definition) is 0. The van der Waals surface area contributed by atoms with E-state index in [9.17, 15) is 0 Å². The van der Waals surface area contributed by atoms with Crippen molar-refractivity contribution in [3.05, 3.63) is 22.3 Å². The molecule has 1 aliphatic rings. The molecular formula is C10H16ClS+. The minimum Gasteiger partial charge on any atom is -0.0438 e. The van der Waals surface area contributed by atoms with Crippen molar-refractivity contribution in [2.45, 2.75) is 32.9 Å². The zero-order chi connectivity index (χ0) is 9.46. The van der Waals surface area contributed by atoms with Gasteiger partial charge < -0.3 is 0 Å². The van der Waals surface area contributed by atoms with Crippen molar-refractivity contribution in [3.8, 4) is 0 Å². The zero-order valence-corrected chi connectivity index (χ0v) is 9.94. The molecule has 0 aromatic rings. The third-order valence-corrected chi connectivity index (χ3v) is 4.75. The van der Waals surface area contributed by atoms with E-state index in [1.165, 1.54) is 22.3 Å². The fourth-order valence-corrected chi connectivity index (χ4v) is 3.93. The number of halogens is 1. The molecule has 0 radical (unpaired) electrons. The Morgan fingerprint density at radius 3 is 1.50 bits per heavy atom. The van der Waals surface area contributed by atoms with Crippen LogP contribution in [0.25, 0.3) is 0 Å². The van der Waals surface area contributed by atoms with E-state index >= 15 is 0 Å². The molecule has 0 aromatic carbocycles. The first kappa shape index (κ1) is 10.2. The normalized spacial score (nSPS) is 22.5. The second-order valence-corrected chi connectivity index (χ2v) is 6.37. The van der Waals surface area contributed by atoms with Crippen molar-refractivity contribution < 1.29 is 0 Å². The van der Waals surface area contributed by atoms with E-state index in [2.05, 4.69) is 34.0 Å². The maximum absolute atomic E-state index is 6.16. The maximum Gasteiger partial charge on any atom is 0.179 e. The number of hydrogen-bond donors (Lipinski definition) is 0. The molecule has 0 N–H and O–H groups in total. The summed E-state index contributed by atoms with van der Waals surface area (Å²) < 4.78 is 0. The Balaban J connectivity index is 3.08. The Morgan fingerprint density at radius 1 is 1.00 bits per heavy atom. The van der Waals surface area contributed by atoms with E-state index in [1.54, 1.807) is 0 Å². The lowest BCUT2D eigenvalue weighted by molar-refractivity contribution is 1.15. The van der Waals surface area contributed by atoms with Crippen LogP contribution in [0.3, 0.4) is 0 Å². The van der Waals surface area contributed by atoms with Crippen molar-refractivity contribution in [3.63, 3.8) is 0 Å². The highest BCUT2D eigenvalue weighted by molar-refractivity contribution is 8.18. The average molecular weight is 204 g/mol. The van der Waals surface area contributed by atoms with Gasteiger partial charge in [-0.1, -0.05) is 0 Å². The van der Waals surface area contributed by atoms with Gasteiger partial charge in [0.05, 0.1) is 0 Å². The minimum absolute atomic E-state index is 0.0360. The van der Waals surface area contributed by atoms with Gasteiger partial charge in [-0.2, -0.15) is 0 Å². The van der Waals surface area contributed by atoms with Crippen LogP contribution in [0.4, 0.5) is 0 Å². The van der Waals surface area contributed by atoms with E-state index in [-0.39, 0.29) is 10.1 Å². The monoisotopic (exact) mass is 203 g/mol. The van der Waals surface area contributed by atoms with Gasteiger partial charge in [-0.3, -0.25) is 0 Å². The van der Waals surface area contributed by atoms with Crippen LogP contribution in [0, 0.1) is 0 Å². The van der Waals surface area contributed by atoms with Crippen molar-refractivity contribution in [1.29, 1.82) is 0 Å². The Hall–Kier alpha value is 0.120. The smallest absolute Gasteiger partial charge is 0.0438 e. The molecule has 0 bridgehead atoms. The van der Waals surface area contributed by atoms with E-state index in [1.807, 2.05) is 0 Å². The number of rotatable bonds is 1. The molecule has 0 nitrogen and oxygen atoms in total. The molecule has 1 atom stereocenters. The molecule has 0 saturated carbocycles. The largest absolute Gasteiger partial charge is 0.179 e. The molecule has 0 saturated heterocycles. The van der Waals surface area contributed by atoms with Gasteiger partial charge in [0.1, 0.15) is 16.4 Å². The molecular weight excluding hydrogens is 188 g/mol. The molecule has 68 valence electrons. The Labute approximate surface area is 82.5 Å². The highest BCUT2D eigenvalue weighted by Crippen LogP contribution is 2.37. The van der Waals surface area contributed by atoms with Gasteiger partial charge in [-0.25, -0.2) is 0 Å². The predicted octanol–water partition coefficient (Wildman–Crippen LogP) is 3.44. The highest BCUT2D eigenvalue weighted by atomic mass is 35.7. The fourth-order valence-electron chi connectivity index (χ4n) is 1.80. The summed E-state index contributed by atoms with van der Waals surface area (Å²) in [7, 11) is 6.13. The minimum atomic E-state index is -0.0360. The third kappa shape index (κ3) is 1.45. The molecule has 0 fully saturated rings. The van der Waals surface area contributed by atoms with Crippen LogP contribution in [0.15, 0.2) is 22.3 Å². The van der Waals surface area contributed by atoms with Gasteiger partial charge in [-0.05, 0) is 50.0 Å². The summed E-state index contributed by atoms with van der Waals surface area (Å²) in [5.41, 5.74) is 5.81. The van der Waals surface area contributed by atoms with E-state index in [4.69, 9.17) is 10.7 Å². The predicted molar refractivity (Wildman–Crippen MR) is 59.7 cm³/mol. The molecule has 1 rings (SSSR count). The lowest BCUT2D eigenvalue weighted by atomic mass is 10.1. The van der Waals surface area contributed by atoms with Gasteiger partial charge in [0, 0.05) is 0 Å². The molecule has 12 heavy (non-hydrogen) atoms. The topological polar surface area (TPSA) is 0 Å². The molecule has 1 unspecified atom stereocenters.